The quantitative estimate of drug-likeness (QED) is 0.358. The van der Waals surface area contributed by atoms with Gasteiger partial charge in [-0.2, -0.15) is 0 Å². The second kappa shape index (κ2) is 22.7. The van der Waals surface area contributed by atoms with Gasteiger partial charge in [0.25, 0.3) is 0 Å². The van der Waals surface area contributed by atoms with Crippen molar-refractivity contribution >= 4 is 0 Å². The van der Waals surface area contributed by atoms with Crippen LogP contribution in [0.15, 0.2) is 6.58 Å². The van der Waals surface area contributed by atoms with Crippen LogP contribution in [-0.2, 0) is 0 Å². The van der Waals surface area contributed by atoms with E-state index in [2.05, 4.69) is 30.3 Å². The van der Waals surface area contributed by atoms with E-state index in [1.54, 1.807) is 0 Å². The van der Waals surface area contributed by atoms with E-state index in [9.17, 15) is 0 Å². The molecule has 0 atom stereocenters. The van der Waals surface area contributed by atoms with Crippen molar-refractivity contribution in [2.45, 2.75) is 0 Å². The molecule has 0 aromatic heterocycles. The molecule has 3 nitrogen and oxygen atoms in total. The summed E-state index contributed by atoms with van der Waals surface area (Å²) in [6.45, 7) is 7.97. The summed E-state index contributed by atoms with van der Waals surface area (Å²) in [7, 11) is 1.87. The topological polar surface area (TPSA) is 50.1 Å². The van der Waals surface area contributed by atoms with E-state index in [0.717, 1.165) is 6.54 Å². The second-order valence-corrected chi connectivity index (χ2v) is 1.16. The predicted molar refractivity (Wildman–Crippen MR) is 40.3 cm³/mol. The third-order valence-electron chi connectivity index (χ3n) is 0.477. The van der Waals surface area contributed by atoms with Gasteiger partial charge in [0.15, 0.2) is 0 Å². The van der Waals surface area contributed by atoms with Crippen LogP contribution in [-0.4, -0.2) is 20.3 Å². The molecule has 0 bridgehead atoms. The van der Waals surface area contributed by atoms with Crippen LogP contribution in [0.1, 0.15) is 0 Å². The fourth-order valence-electron chi connectivity index (χ4n) is 0.0722. The molecule has 0 heterocycles. The van der Waals surface area contributed by atoms with Crippen molar-refractivity contribution in [2.24, 2.45) is 5.73 Å². The molecule has 0 radical (unpaired) electrons. The first kappa shape index (κ1) is 16.9. The molecule has 0 aliphatic rings. The fraction of sp³-hybridized carbons (Fsp3) is 0.500. The molecule has 0 amide bonds. The van der Waals surface area contributed by atoms with E-state index in [1.165, 1.54) is 0 Å². The average molecular weight is 367 g/mol. The number of nitrogens with one attached hydrogen (secondary N) is 2. The van der Waals surface area contributed by atoms with Crippen LogP contribution < -0.4 is 16.4 Å². The van der Waals surface area contributed by atoms with Crippen molar-refractivity contribution in [1.29, 1.82) is 0 Å². The van der Waals surface area contributed by atoms with Crippen molar-refractivity contribution in [2.75, 3.05) is 20.3 Å². The molecular formula is C6H15N3U. The summed E-state index contributed by atoms with van der Waals surface area (Å²) in [5.41, 5.74) is 4.93. The Balaban J connectivity index is -0.0000000910. The number of nitrogens with two attached hydrogens (primary N) is 1. The first-order chi connectivity index (χ1) is 4.33. The van der Waals surface area contributed by atoms with Gasteiger partial charge >= 0.3 is 31.1 Å². The molecule has 58 valence electrons. The Labute approximate surface area is 87.2 Å². The van der Waals surface area contributed by atoms with Crippen molar-refractivity contribution in [3.63, 3.8) is 0 Å². The molecule has 10 heavy (non-hydrogen) atoms. The summed E-state index contributed by atoms with van der Waals surface area (Å²) in [4.78, 5) is 0. The Hall–Kier alpha value is 0.512. The van der Waals surface area contributed by atoms with Gasteiger partial charge < -0.3 is 29.5 Å². The zero-order valence-electron chi connectivity index (χ0n) is 6.41. The minimum absolute atomic E-state index is 0. The molecule has 4 N–H and O–H groups in total. The molecule has 0 saturated carbocycles. The maximum Gasteiger partial charge on any atom is 2.00 e. The molecule has 0 aromatic carbocycles. The summed E-state index contributed by atoms with van der Waals surface area (Å²) < 4.78 is 0. The molecule has 0 saturated heterocycles. The Morgan fingerprint density at radius 3 is 2.10 bits per heavy atom. The fourth-order valence-corrected chi connectivity index (χ4v) is 0.0722. The maximum absolute atomic E-state index is 4.93. The molecule has 0 rings (SSSR count). The summed E-state index contributed by atoms with van der Waals surface area (Å²) in [6, 6.07) is 0. The van der Waals surface area contributed by atoms with E-state index in [0.29, 0.717) is 6.67 Å². The second-order valence-electron chi connectivity index (χ2n) is 1.16. The van der Waals surface area contributed by atoms with Crippen LogP contribution in [0.25, 0.3) is 0 Å². The van der Waals surface area contributed by atoms with Gasteiger partial charge in [0.05, 0.1) is 0 Å². The van der Waals surface area contributed by atoms with Gasteiger partial charge in [-0.1, -0.05) is 0 Å². The Bertz CT molecular complexity index is 48.3. The number of rotatable bonds is 3. The molecule has 0 aliphatic carbocycles. The van der Waals surface area contributed by atoms with Gasteiger partial charge in [0, 0.05) is 6.67 Å². The minimum Gasteiger partial charge on any atom is -0.556 e. The maximum atomic E-state index is 4.93. The van der Waals surface area contributed by atoms with Crippen LogP contribution in [0.2, 0.25) is 0 Å². The Kier molecular flexibility index (Phi) is 38.2. The molecule has 0 aromatic rings. The summed E-state index contributed by atoms with van der Waals surface area (Å²) in [5, 5.41) is 5.35. The number of hydrogen-bond acceptors (Lipinski definition) is 3. The summed E-state index contributed by atoms with van der Waals surface area (Å²) in [6.07, 6.45) is 2.39. The largest absolute Gasteiger partial charge is 2.00 e. The van der Waals surface area contributed by atoms with Crippen molar-refractivity contribution in [3.05, 3.63) is 19.7 Å². The monoisotopic (exact) mass is 367 g/mol. The predicted octanol–water partition coefficient (Wildman–Crippen LogP) is -0.521. The smallest absolute Gasteiger partial charge is 0.556 e. The van der Waals surface area contributed by atoms with E-state index in [4.69, 9.17) is 5.73 Å². The van der Waals surface area contributed by atoms with Crippen LogP contribution in [0.4, 0.5) is 0 Å². The zero-order chi connectivity index (χ0) is 7.54. The van der Waals surface area contributed by atoms with E-state index in [-0.39, 0.29) is 31.1 Å². The standard InChI is InChI=1S/C3H7N2.C3H8N.U/c1-2-5-3-4;1-3-4-2;/h5H,1,3-4H2;4H,1,3H2,2H3;/q2*-1;+2. The van der Waals surface area contributed by atoms with Gasteiger partial charge in [-0.25, -0.2) is 0 Å². The van der Waals surface area contributed by atoms with Gasteiger partial charge in [0.1, 0.15) is 0 Å². The molecule has 0 aliphatic heterocycles. The van der Waals surface area contributed by atoms with Crippen LogP contribution in [0.3, 0.4) is 0 Å². The van der Waals surface area contributed by atoms with Crippen LogP contribution >= 0.6 is 0 Å². The zero-order valence-corrected chi connectivity index (χ0v) is 10.6. The Morgan fingerprint density at radius 2 is 2.10 bits per heavy atom. The minimum atomic E-state index is 0. The first-order valence-electron chi connectivity index (χ1n) is 2.72. The van der Waals surface area contributed by atoms with Crippen LogP contribution in [0, 0.1) is 44.2 Å². The molecule has 0 spiro atoms. The van der Waals surface area contributed by atoms with Gasteiger partial charge in [-0.15, -0.1) is 6.54 Å². The molecule has 0 fully saturated rings. The SMILES string of the molecule is C=[C-]NCN.[CH2-]CNC.[U+2]. The average Bonchev–Trinajstić information content (AvgIpc) is 1.91. The van der Waals surface area contributed by atoms with Gasteiger partial charge in [-0.05, 0) is 7.05 Å². The molecular weight excluding hydrogens is 352 g/mol. The van der Waals surface area contributed by atoms with Crippen LogP contribution in [0.5, 0.6) is 0 Å². The summed E-state index contributed by atoms with van der Waals surface area (Å²) in [5.74, 6) is 0. The normalized spacial score (nSPS) is 6.30. The third-order valence-corrected chi connectivity index (χ3v) is 0.477. The number of hydrogen-bond donors (Lipinski definition) is 3. The van der Waals surface area contributed by atoms with E-state index in [1.807, 2.05) is 7.05 Å². The van der Waals surface area contributed by atoms with Crippen molar-refractivity contribution in [1.82, 2.24) is 10.6 Å². The Morgan fingerprint density at radius 1 is 1.70 bits per heavy atom. The third kappa shape index (κ3) is 38.9. The van der Waals surface area contributed by atoms with Gasteiger partial charge in [-0.3, -0.25) is 6.58 Å². The molecule has 0 unspecified atom stereocenters. The van der Waals surface area contributed by atoms with Crippen molar-refractivity contribution < 1.29 is 31.1 Å². The van der Waals surface area contributed by atoms with Crippen molar-refractivity contribution in [3.8, 4) is 0 Å². The first-order valence-corrected chi connectivity index (χ1v) is 2.72. The van der Waals surface area contributed by atoms with Gasteiger partial charge in [0.2, 0.25) is 0 Å². The molecule has 4 heteroatoms. The summed E-state index contributed by atoms with van der Waals surface area (Å²) >= 11 is 0. The van der Waals surface area contributed by atoms with E-state index >= 15 is 0 Å². The van der Waals surface area contributed by atoms with E-state index < -0.39 is 0 Å².